The number of nitrogens with zero attached hydrogens (tertiary/aromatic N) is 4. The van der Waals surface area contributed by atoms with E-state index in [1.54, 1.807) is 0 Å². The second-order valence-electron chi connectivity index (χ2n) is 13.2. The number of rotatable bonds is 4. The fourth-order valence-electron chi connectivity index (χ4n) is 6.47. The van der Waals surface area contributed by atoms with Gasteiger partial charge in [0.1, 0.15) is 0 Å². The van der Waals surface area contributed by atoms with E-state index in [1.165, 1.54) is 49.1 Å². The van der Waals surface area contributed by atoms with Crippen molar-refractivity contribution >= 4 is 0 Å². The van der Waals surface area contributed by atoms with Gasteiger partial charge in [0.2, 0.25) is 0 Å². The van der Waals surface area contributed by atoms with Gasteiger partial charge >= 0.3 is 0 Å². The summed E-state index contributed by atoms with van der Waals surface area (Å²) in [5.41, 5.74) is 4.21. The van der Waals surface area contributed by atoms with Gasteiger partial charge < -0.3 is 0 Å². The van der Waals surface area contributed by atoms with E-state index in [4.69, 9.17) is 0 Å². The molecule has 0 radical (unpaired) electrons. The highest BCUT2D eigenvalue weighted by Gasteiger charge is 2.38. The summed E-state index contributed by atoms with van der Waals surface area (Å²) in [7, 11) is 0. The normalized spacial score (nSPS) is 10.4. The summed E-state index contributed by atoms with van der Waals surface area (Å²) < 4.78 is 0. The smallest absolute Gasteiger partial charge is 0.251 e. The third kappa shape index (κ3) is 9.12. The number of aromatic nitrogens is 8. The van der Waals surface area contributed by atoms with Crippen LogP contribution in [0.4, 0.5) is 0 Å². The minimum atomic E-state index is -0.952. The van der Waals surface area contributed by atoms with E-state index in [0.717, 1.165) is 22.3 Å². The SMILES string of the molecule is O=c1ccnc(C#Cc2ccc(C(c3ccc(C#Cc4nccc(=O)[nH]4)cc3)(c3ccc(C#Cc4nccc(=O)[nH]4)cc3)c3ccc(C#Cc4nccc(=O)[nH]4)cc3)cc2)[nH]1. The summed E-state index contributed by atoms with van der Waals surface area (Å²) in [5.74, 6) is 25.1. The number of hydrogen-bond donors (Lipinski definition) is 4. The Kier molecular flexibility index (Phi) is 11.0. The zero-order chi connectivity index (χ0) is 42.0. The first kappa shape index (κ1) is 38.5. The van der Waals surface area contributed by atoms with Crippen LogP contribution in [0.5, 0.6) is 0 Å². The van der Waals surface area contributed by atoms with E-state index >= 15 is 0 Å². The standard InChI is InChI=1S/C49H28N8O4/c58-45-25-29-50-41(54-45)21-9-33-1-13-37(14-2-33)49(38-15-3-34(4-16-38)10-22-42-51-30-26-46(59)55-42,39-17-5-35(6-18-39)11-23-43-52-31-27-47(60)56-43)40-19-7-36(8-20-40)12-24-44-53-32-28-48(61)57-44/h1-8,13-20,25-32H,(H,50,54,58)(H,51,55,59)(H,52,56,60)(H,53,57,61). The van der Waals surface area contributed by atoms with Crippen LogP contribution in [0.3, 0.4) is 0 Å². The number of aromatic amines is 4. The van der Waals surface area contributed by atoms with Crippen molar-refractivity contribution in [2.75, 3.05) is 0 Å². The molecule has 12 heteroatoms. The molecule has 61 heavy (non-hydrogen) atoms. The van der Waals surface area contributed by atoms with E-state index in [-0.39, 0.29) is 45.5 Å². The maximum Gasteiger partial charge on any atom is 0.251 e. The van der Waals surface area contributed by atoms with Crippen LogP contribution in [0, 0.1) is 47.4 Å². The van der Waals surface area contributed by atoms with Crippen molar-refractivity contribution in [3.8, 4) is 47.4 Å². The van der Waals surface area contributed by atoms with Gasteiger partial charge in [-0.3, -0.25) is 39.1 Å². The van der Waals surface area contributed by atoms with Gasteiger partial charge in [-0.25, -0.2) is 19.9 Å². The van der Waals surface area contributed by atoms with Crippen molar-refractivity contribution in [2.45, 2.75) is 5.41 Å². The van der Waals surface area contributed by atoms with Crippen LogP contribution >= 0.6 is 0 Å². The van der Waals surface area contributed by atoms with Crippen LogP contribution in [0.1, 0.15) is 67.8 Å². The fourth-order valence-corrected chi connectivity index (χ4v) is 6.47. The maximum atomic E-state index is 11.8. The van der Waals surface area contributed by atoms with Gasteiger partial charge in [-0.05, 0) is 94.5 Å². The molecule has 0 bridgehead atoms. The highest BCUT2D eigenvalue weighted by atomic mass is 16.1. The van der Waals surface area contributed by atoms with Gasteiger partial charge in [0.25, 0.3) is 22.2 Å². The van der Waals surface area contributed by atoms with Gasteiger partial charge in [-0.15, -0.1) is 0 Å². The lowest BCUT2D eigenvalue weighted by molar-refractivity contribution is 0.744. The first-order valence-electron chi connectivity index (χ1n) is 18.5. The Hall–Kier alpha value is -9.36. The molecule has 8 aromatic rings. The molecule has 12 nitrogen and oxygen atoms in total. The molecule has 0 unspecified atom stereocenters. The van der Waals surface area contributed by atoms with Crippen molar-refractivity contribution < 1.29 is 0 Å². The zero-order valence-electron chi connectivity index (χ0n) is 31.8. The highest BCUT2D eigenvalue weighted by Crippen LogP contribution is 2.45. The average Bonchev–Trinajstić information content (AvgIpc) is 3.28. The van der Waals surface area contributed by atoms with E-state index < -0.39 is 5.41 Å². The summed E-state index contributed by atoms with van der Waals surface area (Å²) in [6.45, 7) is 0. The van der Waals surface area contributed by atoms with Gasteiger partial charge in [0.05, 0.1) is 5.41 Å². The van der Waals surface area contributed by atoms with Crippen molar-refractivity contribution in [1.82, 2.24) is 39.9 Å². The van der Waals surface area contributed by atoms with Crippen LogP contribution in [0.25, 0.3) is 0 Å². The minimum absolute atomic E-state index is 0.249. The van der Waals surface area contributed by atoms with Gasteiger partial charge in [-0.1, -0.05) is 72.2 Å². The predicted molar refractivity (Wildman–Crippen MR) is 228 cm³/mol. The van der Waals surface area contributed by atoms with Crippen LogP contribution in [0.15, 0.2) is 165 Å². The molecule has 0 spiro atoms. The molecule has 4 heterocycles. The summed E-state index contributed by atoms with van der Waals surface area (Å²) in [5, 5.41) is 0. The summed E-state index contributed by atoms with van der Waals surface area (Å²) in [6.07, 6.45) is 5.62. The molecule has 4 aromatic heterocycles. The molecule has 8 rings (SSSR count). The van der Waals surface area contributed by atoms with Crippen molar-refractivity contribution in [1.29, 1.82) is 0 Å². The molecule has 0 aliphatic carbocycles. The first-order chi connectivity index (χ1) is 29.8. The third-order valence-corrected chi connectivity index (χ3v) is 9.26. The van der Waals surface area contributed by atoms with Gasteiger partial charge in [-0.2, -0.15) is 0 Å². The molecule has 0 aliphatic rings. The van der Waals surface area contributed by atoms with E-state index in [9.17, 15) is 19.2 Å². The molecule has 0 saturated carbocycles. The van der Waals surface area contributed by atoms with E-state index in [0.29, 0.717) is 22.3 Å². The summed E-state index contributed by atoms with van der Waals surface area (Å²) >= 11 is 0. The van der Waals surface area contributed by atoms with Crippen LogP contribution in [-0.2, 0) is 5.41 Å². The van der Waals surface area contributed by atoms with E-state index in [2.05, 4.69) is 87.2 Å². The largest absolute Gasteiger partial charge is 0.300 e. The van der Waals surface area contributed by atoms with Crippen molar-refractivity contribution in [3.63, 3.8) is 0 Å². The molecular formula is C49H28N8O4. The first-order valence-corrected chi connectivity index (χ1v) is 18.5. The maximum absolute atomic E-state index is 11.8. The Balaban J connectivity index is 1.28. The Morgan fingerprint density at radius 3 is 0.705 bits per heavy atom. The average molecular weight is 793 g/mol. The van der Waals surface area contributed by atoms with Gasteiger partial charge in [0, 0.05) is 71.3 Å². The Morgan fingerprint density at radius 2 is 0.508 bits per heavy atom. The monoisotopic (exact) mass is 792 g/mol. The topological polar surface area (TPSA) is 183 Å². The second kappa shape index (κ2) is 17.4. The Morgan fingerprint density at radius 1 is 0.295 bits per heavy atom. The Bertz CT molecular complexity index is 2950. The number of nitrogens with one attached hydrogen (secondary N) is 4. The second-order valence-corrected chi connectivity index (χ2v) is 13.2. The lowest BCUT2D eigenvalue weighted by Gasteiger charge is -2.37. The summed E-state index contributed by atoms with van der Waals surface area (Å²) in [4.78, 5) is 74.4. The predicted octanol–water partition coefficient (Wildman–Crippen LogP) is 4.00. The zero-order valence-corrected chi connectivity index (χ0v) is 31.8. The Labute approximate surface area is 347 Å². The van der Waals surface area contributed by atoms with Crippen LogP contribution < -0.4 is 22.2 Å². The highest BCUT2D eigenvalue weighted by molar-refractivity contribution is 5.62. The number of benzene rings is 4. The molecule has 4 N–H and O–H groups in total. The molecular weight excluding hydrogens is 765 g/mol. The molecule has 0 aliphatic heterocycles. The van der Waals surface area contributed by atoms with Crippen molar-refractivity contribution in [2.24, 2.45) is 0 Å². The van der Waals surface area contributed by atoms with E-state index in [1.807, 2.05) is 97.1 Å². The third-order valence-electron chi connectivity index (χ3n) is 9.26. The number of hydrogen-bond acceptors (Lipinski definition) is 8. The van der Waals surface area contributed by atoms with Crippen LogP contribution in [-0.4, -0.2) is 39.9 Å². The lowest BCUT2D eigenvalue weighted by Crippen LogP contribution is -2.31. The molecule has 4 aromatic carbocycles. The fraction of sp³-hybridized carbons (Fsp3) is 0.0204. The quantitative estimate of drug-likeness (QED) is 0.152. The minimum Gasteiger partial charge on any atom is -0.300 e. The molecule has 288 valence electrons. The van der Waals surface area contributed by atoms with Crippen LogP contribution in [0.2, 0.25) is 0 Å². The van der Waals surface area contributed by atoms with Crippen molar-refractivity contribution in [3.05, 3.63) is 255 Å². The molecule has 0 fully saturated rings. The lowest BCUT2D eigenvalue weighted by atomic mass is 9.65. The summed E-state index contributed by atoms with van der Waals surface area (Å²) in [6, 6.07) is 36.6. The van der Waals surface area contributed by atoms with Gasteiger partial charge in [0.15, 0.2) is 23.3 Å². The molecule has 0 saturated heterocycles. The molecule has 0 amide bonds. The molecule has 0 atom stereocenters. The number of H-pyrrole nitrogens is 4.